The fraction of sp³-hybridized carbons (Fsp3) is 0.481. The summed E-state index contributed by atoms with van der Waals surface area (Å²) in [5.74, 6) is 1.95. The predicted octanol–water partition coefficient (Wildman–Crippen LogP) is 4.61. The molecule has 0 bridgehead atoms. The van der Waals surface area contributed by atoms with E-state index in [1.165, 1.54) is 11.8 Å². The first-order valence-electron chi connectivity index (χ1n) is 11.7. The molecular weight excluding hydrogens is 458 g/mol. The molecule has 0 unspecified atom stereocenters. The van der Waals surface area contributed by atoms with Crippen molar-refractivity contribution in [2.45, 2.75) is 59.1 Å². The molecule has 1 aromatic carbocycles. The molecule has 2 aliphatic rings. The van der Waals surface area contributed by atoms with Gasteiger partial charge in [0.1, 0.15) is 11.3 Å². The maximum absolute atomic E-state index is 12.3. The Morgan fingerprint density at radius 2 is 1.81 bits per heavy atom. The van der Waals surface area contributed by atoms with E-state index in [4.69, 9.17) is 14.2 Å². The molecule has 0 saturated heterocycles. The van der Waals surface area contributed by atoms with Crippen molar-refractivity contribution in [1.82, 2.24) is 19.5 Å². The van der Waals surface area contributed by atoms with Gasteiger partial charge < -0.3 is 24.1 Å². The van der Waals surface area contributed by atoms with Crippen molar-refractivity contribution in [3.63, 3.8) is 0 Å². The van der Waals surface area contributed by atoms with Gasteiger partial charge in [0.05, 0.1) is 50.5 Å². The highest BCUT2D eigenvalue weighted by Crippen LogP contribution is 2.33. The summed E-state index contributed by atoms with van der Waals surface area (Å²) in [5, 5.41) is 3.41. The topological polar surface area (TPSA) is 100 Å². The SMILES string of the molecule is C.C.COc1cnc(NC2CCC(Oc3cc(C4=CCOCC4)cc4ncc(=O)n(C)c34)CC2)nc1. The zero-order chi connectivity index (χ0) is 23.5. The van der Waals surface area contributed by atoms with E-state index in [2.05, 4.69) is 32.4 Å². The number of rotatable bonds is 6. The number of nitrogens with one attached hydrogen (secondary N) is 1. The van der Waals surface area contributed by atoms with Crippen LogP contribution >= 0.6 is 0 Å². The normalized spacial score (nSPS) is 19.4. The van der Waals surface area contributed by atoms with E-state index in [-0.39, 0.29) is 32.6 Å². The van der Waals surface area contributed by atoms with Crippen molar-refractivity contribution in [3.05, 3.63) is 52.7 Å². The molecule has 3 aromatic rings. The maximum atomic E-state index is 12.3. The Balaban J connectivity index is 0.00000180. The third kappa shape index (κ3) is 5.84. The second-order valence-electron chi connectivity index (χ2n) is 8.73. The first-order valence-corrected chi connectivity index (χ1v) is 11.7. The van der Waals surface area contributed by atoms with E-state index >= 15 is 0 Å². The van der Waals surface area contributed by atoms with Crippen molar-refractivity contribution in [3.8, 4) is 11.5 Å². The van der Waals surface area contributed by atoms with Crippen LogP contribution in [0.4, 0.5) is 5.95 Å². The fourth-order valence-electron chi connectivity index (χ4n) is 4.60. The molecule has 1 N–H and O–H groups in total. The molecule has 2 aromatic heterocycles. The van der Waals surface area contributed by atoms with Crippen molar-refractivity contribution in [2.75, 3.05) is 25.6 Å². The Morgan fingerprint density at radius 3 is 2.47 bits per heavy atom. The fourth-order valence-corrected chi connectivity index (χ4v) is 4.60. The molecule has 0 radical (unpaired) electrons. The number of aromatic nitrogens is 4. The van der Waals surface area contributed by atoms with E-state index in [9.17, 15) is 4.79 Å². The summed E-state index contributed by atoms with van der Waals surface area (Å²) >= 11 is 0. The molecule has 5 rings (SSSR count). The monoisotopic (exact) mass is 495 g/mol. The van der Waals surface area contributed by atoms with Gasteiger partial charge >= 0.3 is 0 Å². The summed E-state index contributed by atoms with van der Waals surface area (Å²) in [7, 11) is 3.36. The van der Waals surface area contributed by atoms with Crippen molar-refractivity contribution < 1.29 is 14.2 Å². The highest BCUT2D eigenvalue weighted by molar-refractivity contribution is 5.86. The Hall–Kier alpha value is -3.46. The summed E-state index contributed by atoms with van der Waals surface area (Å²) in [6.45, 7) is 1.31. The molecule has 1 saturated carbocycles. The number of hydrogen-bond donors (Lipinski definition) is 1. The molecule has 1 fully saturated rings. The molecule has 9 heteroatoms. The summed E-state index contributed by atoms with van der Waals surface area (Å²) in [5.41, 5.74) is 3.64. The Labute approximate surface area is 212 Å². The van der Waals surface area contributed by atoms with Gasteiger partial charge in [0.25, 0.3) is 5.56 Å². The molecule has 36 heavy (non-hydrogen) atoms. The Bertz CT molecular complexity index is 1250. The molecule has 0 amide bonds. The third-order valence-electron chi connectivity index (χ3n) is 6.53. The molecule has 1 aliphatic heterocycles. The number of aryl methyl sites for hydroxylation is 1. The standard InChI is InChI=1S/C25H29N5O4.2CH4/c1-30-23(31)15-26-21-11-17(16-7-9-33-10-8-16)12-22(24(21)30)34-19-5-3-18(4-6-19)29-25-27-13-20(32-2)14-28-25;;/h7,11-15,18-19H,3-6,8-10H2,1-2H3,(H,27,28,29);2*1H4. The van der Waals surface area contributed by atoms with E-state index in [1.54, 1.807) is 31.1 Å². The quantitative estimate of drug-likeness (QED) is 0.529. The number of methoxy groups -OCH3 is 1. The molecule has 1 aliphatic carbocycles. The van der Waals surface area contributed by atoms with E-state index in [0.29, 0.717) is 30.7 Å². The Morgan fingerprint density at radius 1 is 1.06 bits per heavy atom. The van der Waals surface area contributed by atoms with Gasteiger partial charge in [-0.1, -0.05) is 20.9 Å². The van der Waals surface area contributed by atoms with Gasteiger partial charge in [-0.15, -0.1) is 0 Å². The van der Waals surface area contributed by atoms with E-state index in [0.717, 1.165) is 48.7 Å². The lowest BCUT2D eigenvalue weighted by molar-refractivity contribution is 0.151. The first kappa shape index (κ1) is 27.1. The smallest absolute Gasteiger partial charge is 0.269 e. The number of fused-ring (bicyclic) bond motifs is 1. The minimum atomic E-state index is -0.150. The van der Waals surface area contributed by atoms with Gasteiger partial charge in [0.2, 0.25) is 5.95 Å². The molecule has 9 nitrogen and oxygen atoms in total. The van der Waals surface area contributed by atoms with Crippen LogP contribution in [0.1, 0.15) is 52.5 Å². The van der Waals surface area contributed by atoms with Crippen LogP contribution in [0.2, 0.25) is 0 Å². The number of benzene rings is 1. The minimum absolute atomic E-state index is 0. The minimum Gasteiger partial charge on any atom is -0.494 e. The van der Waals surface area contributed by atoms with Crippen LogP contribution in [-0.4, -0.2) is 52.0 Å². The third-order valence-corrected chi connectivity index (χ3v) is 6.53. The maximum Gasteiger partial charge on any atom is 0.269 e. The zero-order valence-electron chi connectivity index (χ0n) is 19.5. The average molecular weight is 496 g/mol. The molecule has 194 valence electrons. The number of anilines is 1. The van der Waals surface area contributed by atoms with Gasteiger partial charge in [-0.3, -0.25) is 4.79 Å². The highest BCUT2D eigenvalue weighted by atomic mass is 16.5. The lowest BCUT2D eigenvalue weighted by Crippen LogP contribution is -2.32. The van der Waals surface area contributed by atoms with Gasteiger partial charge in [0.15, 0.2) is 5.75 Å². The van der Waals surface area contributed by atoms with Gasteiger partial charge in [-0.05, 0) is 55.4 Å². The molecule has 0 spiro atoms. The van der Waals surface area contributed by atoms with Gasteiger partial charge in [0, 0.05) is 13.1 Å². The Kier molecular flexibility index (Phi) is 9.03. The van der Waals surface area contributed by atoms with Crippen LogP contribution in [0.15, 0.2) is 41.6 Å². The van der Waals surface area contributed by atoms with Crippen LogP contribution < -0.4 is 20.3 Å². The summed E-state index contributed by atoms with van der Waals surface area (Å²) < 4.78 is 18.7. The van der Waals surface area contributed by atoms with Crippen molar-refractivity contribution >= 4 is 22.6 Å². The molecule has 0 atom stereocenters. The molecule has 3 heterocycles. The first-order chi connectivity index (χ1) is 16.6. The van der Waals surface area contributed by atoms with E-state index < -0.39 is 0 Å². The van der Waals surface area contributed by atoms with Crippen LogP contribution in [0, 0.1) is 0 Å². The average Bonchev–Trinajstić information content (AvgIpc) is 2.88. The van der Waals surface area contributed by atoms with Crippen molar-refractivity contribution in [2.24, 2.45) is 7.05 Å². The predicted molar refractivity (Wildman–Crippen MR) is 143 cm³/mol. The van der Waals surface area contributed by atoms with Crippen LogP contribution in [0.5, 0.6) is 11.5 Å². The van der Waals surface area contributed by atoms with Crippen LogP contribution in [0.25, 0.3) is 16.6 Å². The lowest BCUT2D eigenvalue weighted by Gasteiger charge is -2.30. The summed E-state index contributed by atoms with van der Waals surface area (Å²) in [6, 6.07) is 4.37. The van der Waals surface area contributed by atoms with Crippen LogP contribution in [0.3, 0.4) is 0 Å². The van der Waals surface area contributed by atoms with E-state index in [1.807, 2.05) is 6.07 Å². The summed E-state index contributed by atoms with van der Waals surface area (Å²) in [6.07, 6.45) is 11.4. The van der Waals surface area contributed by atoms with Crippen molar-refractivity contribution in [1.29, 1.82) is 0 Å². The lowest BCUT2D eigenvalue weighted by atomic mass is 9.93. The zero-order valence-corrected chi connectivity index (χ0v) is 19.5. The molecular formula is C27H37N5O4. The van der Waals surface area contributed by atoms with Crippen LogP contribution in [-0.2, 0) is 11.8 Å². The largest absolute Gasteiger partial charge is 0.494 e. The second-order valence-corrected chi connectivity index (χ2v) is 8.73. The highest BCUT2D eigenvalue weighted by Gasteiger charge is 2.24. The summed E-state index contributed by atoms with van der Waals surface area (Å²) in [4.78, 5) is 25.3. The number of hydrogen-bond acceptors (Lipinski definition) is 8. The van der Waals surface area contributed by atoms with Gasteiger partial charge in [-0.2, -0.15) is 0 Å². The number of nitrogens with zero attached hydrogens (tertiary/aromatic N) is 4. The second kappa shape index (κ2) is 12.0. The van der Waals surface area contributed by atoms with Gasteiger partial charge in [-0.25, -0.2) is 15.0 Å². The number of ether oxygens (including phenoxy) is 3.